The van der Waals surface area contributed by atoms with Crippen molar-refractivity contribution < 1.29 is 9.32 Å². The molecular weight excluding hydrogens is 340 g/mol. The molecule has 2 aromatic heterocycles. The van der Waals surface area contributed by atoms with E-state index in [1.165, 1.54) is 12.0 Å². The summed E-state index contributed by atoms with van der Waals surface area (Å²) in [5, 5.41) is 5.14. The molecule has 6 nitrogen and oxygen atoms in total. The molecule has 0 aliphatic carbocycles. The Morgan fingerprint density at radius 2 is 1.93 bits per heavy atom. The zero-order valence-electron chi connectivity index (χ0n) is 14.6. The molecule has 1 aliphatic rings. The van der Waals surface area contributed by atoms with Gasteiger partial charge in [0.2, 0.25) is 6.39 Å². The van der Waals surface area contributed by atoms with Crippen LogP contribution in [-0.4, -0.2) is 39.0 Å². The Bertz CT molecular complexity index is 1070. The van der Waals surface area contributed by atoms with Gasteiger partial charge in [0, 0.05) is 42.2 Å². The number of aromatic nitrogens is 3. The number of carbonyl (C=O) groups is 1. The summed E-state index contributed by atoms with van der Waals surface area (Å²) in [4.78, 5) is 22.5. The predicted molar refractivity (Wildman–Crippen MR) is 100 cm³/mol. The van der Waals surface area contributed by atoms with E-state index in [0.29, 0.717) is 24.5 Å². The van der Waals surface area contributed by atoms with Gasteiger partial charge < -0.3 is 14.4 Å². The molecule has 3 heterocycles. The first-order valence-corrected chi connectivity index (χ1v) is 8.97. The highest BCUT2D eigenvalue weighted by atomic mass is 16.5. The molecule has 0 unspecified atom stereocenters. The third-order valence-electron chi connectivity index (χ3n) is 5.35. The van der Waals surface area contributed by atoms with Crippen LogP contribution in [0, 0.1) is 0 Å². The van der Waals surface area contributed by atoms with Crippen LogP contribution in [0.4, 0.5) is 0 Å². The Morgan fingerprint density at radius 1 is 1.07 bits per heavy atom. The number of likely N-dealkylation sites (tertiary alicyclic amines) is 1. The zero-order valence-corrected chi connectivity index (χ0v) is 14.6. The van der Waals surface area contributed by atoms with E-state index in [0.717, 1.165) is 10.9 Å². The van der Waals surface area contributed by atoms with Gasteiger partial charge in [0.05, 0.1) is 0 Å². The number of fused-ring (bicyclic) bond motifs is 1. The van der Waals surface area contributed by atoms with E-state index in [-0.39, 0.29) is 17.7 Å². The number of carbonyl (C=O) groups excluding carboxylic acids is 1. The van der Waals surface area contributed by atoms with Gasteiger partial charge >= 0.3 is 0 Å². The van der Waals surface area contributed by atoms with Gasteiger partial charge in [0.15, 0.2) is 5.82 Å². The van der Waals surface area contributed by atoms with E-state index >= 15 is 0 Å². The van der Waals surface area contributed by atoms with Gasteiger partial charge in [-0.3, -0.25) is 4.79 Å². The minimum absolute atomic E-state index is 0.0179. The van der Waals surface area contributed by atoms with Crippen LogP contribution in [0.15, 0.2) is 71.7 Å². The lowest BCUT2D eigenvalue weighted by Crippen LogP contribution is -2.28. The molecule has 2 aromatic carbocycles. The van der Waals surface area contributed by atoms with E-state index in [9.17, 15) is 4.79 Å². The molecule has 27 heavy (non-hydrogen) atoms. The summed E-state index contributed by atoms with van der Waals surface area (Å²) in [6, 6.07) is 18.0. The molecule has 5 rings (SSSR count). The second kappa shape index (κ2) is 6.39. The molecule has 0 bridgehead atoms. The van der Waals surface area contributed by atoms with Crippen molar-refractivity contribution in [2.24, 2.45) is 0 Å². The Kier molecular flexibility index (Phi) is 3.74. The Balaban J connectivity index is 1.47. The average molecular weight is 358 g/mol. The highest BCUT2D eigenvalue weighted by Crippen LogP contribution is 2.38. The lowest BCUT2D eigenvalue weighted by molar-refractivity contribution is 0.0789. The number of aromatic amines is 1. The van der Waals surface area contributed by atoms with Gasteiger partial charge in [-0.25, -0.2) is 0 Å². The topological polar surface area (TPSA) is 75.0 Å². The summed E-state index contributed by atoms with van der Waals surface area (Å²) in [7, 11) is 0. The molecule has 0 spiro atoms. The molecule has 1 amide bonds. The van der Waals surface area contributed by atoms with E-state index in [2.05, 4.69) is 27.3 Å². The van der Waals surface area contributed by atoms with Crippen molar-refractivity contribution in [3.63, 3.8) is 0 Å². The SMILES string of the molecule is O=C(c1ccc2cc[nH]c2c1)N1C[C@H](c2ncon2)[C@H](c2ccccc2)C1. The van der Waals surface area contributed by atoms with Crippen LogP contribution in [0.25, 0.3) is 10.9 Å². The first-order chi connectivity index (χ1) is 13.3. The average Bonchev–Trinajstić information content (AvgIpc) is 3.47. The minimum atomic E-state index is 0.0179. The second-order valence-electron chi connectivity index (χ2n) is 6.90. The van der Waals surface area contributed by atoms with E-state index < -0.39 is 0 Å². The molecule has 1 aliphatic heterocycles. The number of hydrogen-bond acceptors (Lipinski definition) is 4. The molecule has 134 valence electrons. The first kappa shape index (κ1) is 15.8. The standard InChI is InChI=1S/C21H18N4O2/c26-21(16-7-6-15-8-9-22-19(15)10-16)25-11-17(14-4-2-1-3-5-14)18(12-25)20-23-13-27-24-20/h1-10,13,17-18,22H,11-12H2/t17-,18-/m0/s1. The molecule has 0 saturated carbocycles. The summed E-state index contributed by atoms with van der Waals surface area (Å²) in [5.41, 5.74) is 2.84. The van der Waals surface area contributed by atoms with Crippen LogP contribution in [0.1, 0.15) is 33.6 Å². The third kappa shape index (κ3) is 2.79. The molecule has 1 saturated heterocycles. The van der Waals surface area contributed by atoms with Gasteiger partial charge in [-0.2, -0.15) is 4.98 Å². The van der Waals surface area contributed by atoms with Crippen molar-refractivity contribution in [2.75, 3.05) is 13.1 Å². The van der Waals surface area contributed by atoms with E-state index in [1.807, 2.05) is 53.6 Å². The van der Waals surface area contributed by atoms with Crippen LogP contribution in [0.2, 0.25) is 0 Å². The van der Waals surface area contributed by atoms with Crippen LogP contribution >= 0.6 is 0 Å². The number of H-pyrrole nitrogens is 1. The molecule has 6 heteroatoms. The fourth-order valence-corrected chi connectivity index (χ4v) is 3.97. The number of amides is 1. The Morgan fingerprint density at radius 3 is 2.74 bits per heavy atom. The normalized spacial score (nSPS) is 19.6. The molecule has 2 atom stereocenters. The summed E-state index contributed by atoms with van der Waals surface area (Å²) in [6.07, 6.45) is 3.23. The number of rotatable bonds is 3. The molecule has 4 aromatic rings. The van der Waals surface area contributed by atoms with Crippen molar-refractivity contribution in [1.29, 1.82) is 0 Å². The summed E-state index contributed by atoms with van der Waals surface area (Å²) in [5.74, 6) is 0.837. The summed E-state index contributed by atoms with van der Waals surface area (Å²) in [6.45, 7) is 1.20. The maximum absolute atomic E-state index is 13.2. The highest BCUT2D eigenvalue weighted by Gasteiger charge is 2.39. The monoisotopic (exact) mass is 358 g/mol. The van der Waals surface area contributed by atoms with Crippen LogP contribution in [0.5, 0.6) is 0 Å². The zero-order chi connectivity index (χ0) is 18.2. The van der Waals surface area contributed by atoms with E-state index in [1.54, 1.807) is 0 Å². The highest BCUT2D eigenvalue weighted by molar-refractivity contribution is 5.98. The lowest BCUT2D eigenvalue weighted by Gasteiger charge is -2.17. The van der Waals surface area contributed by atoms with Crippen molar-refractivity contribution in [3.8, 4) is 0 Å². The molecular formula is C21H18N4O2. The van der Waals surface area contributed by atoms with E-state index in [4.69, 9.17) is 4.52 Å². The van der Waals surface area contributed by atoms with Crippen molar-refractivity contribution in [3.05, 3.63) is 84.1 Å². The fraction of sp³-hybridized carbons (Fsp3) is 0.190. The van der Waals surface area contributed by atoms with Gasteiger partial charge in [-0.1, -0.05) is 41.6 Å². The smallest absolute Gasteiger partial charge is 0.253 e. The minimum Gasteiger partial charge on any atom is -0.361 e. The fourth-order valence-electron chi connectivity index (χ4n) is 3.97. The van der Waals surface area contributed by atoms with Gasteiger partial charge in [-0.05, 0) is 29.1 Å². The molecule has 1 fully saturated rings. The van der Waals surface area contributed by atoms with Crippen molar-refractivity contribution in [1.82, 2.24) is 20.0 Å². The first-order valence-electron chi connectivity index (χ1n) is 8.97. The number of benzene rings is 2. The quantitative estimate of drug-likeness (QED) is 0.607. The number of nitrogens with zero attached hydrogens (tertiary/aromatic N) is 3. The number of nitrogens with one attached hydrogen (secondary N) is 1. The van der Waals surface area contributed by atoms with Crippen LogP contribution in [0.3, 0.4) is 0 Å². The Hall–Kier alpha value is -3.41. The summed E-state index contributed by atoms with van der Waals surface area (Å²) >= 11 is 0. The maximum Gasteiger partial charge on any atom is 0.253 e. The van der Waals surface area contributed by atoms with Gasteiger partial charge in [0.25, 0.3) is 5.91 Å². The van der Waals surface area contributed by atoms with Crippen LogP contribution in [-0.2, 0) is 0 Å². The predicted octanol–water partition coefficient (Wildman–Crippen LogP) is 3.57. The molecule has 0 radical (unpaired) electrons. The van der Waals surface area contributed by atoms with Crippen LogP contribution < -0.4 is 0 Å². The largest absolute Gasteiger partial charge is 0.361 e. The Labute approximate surface area is 155 Å². The number of hydrogen-bond donors (Lipinski definition) is 1. The second-order valence-corrected chi connectivity index (χ2v) is 6.90. The maximum atomic E-state index is 13.2. The van der Waals surface area contributed by atoms with Crippen molar-refractivity contribution >= 4 is 16.8 Å². The van der Waals surface area contributed by atoms with Gasteiger partial charge in [0.1, 0.15) is 0 Å². The summed E-state index contributed by atoms with van der Waals surface area (Å²) < 4.78 is 4.96. The third-order valence-corrected chi connectivity index (χ3v) is 5.35. The van der Waals surface area contributed by atoms with Gasteiger partial charge in [-0.15, -0.1) is 0 Å². The van der Waals surface area contributed by atoms with Crippen molar-refractivity contribution in [2.45, 2.75) is 11.8 Å². The lowest BCUT2D eigenvalue weighted by atomic mass is 9.88. The molecule has 1 N–H and O–H groups in total.